The SMILES string of the molecule is O=C(c1ccccn1)N(C1CC1)[C@H](Cc1ccccc1)C1CCN(Cc2c(F)ccc(F)c2F)CC1. The lowest BCUT2D eigenvalue weighted by molar-refractivity contribution is 0.0475. The number of carbonyl (C=O) groups is 1. The Kier molecular flexibility index (Phi) is 7.37. The van der Waals surface area contributed by atoms with Crippen LogP contribution < -0.4 is 0 Å². The van der Waals surface area contributed by atoms with Crippen LogP contribution in [0.1, 0.15) is 47.3 Å². The summed E-state index contributed by atoms with van der Waals surface area (Å²) in [5.41, 5.74) is 1.41. The molecule has 4 nitrogen and oxygen atoms in total. The molecule has 2 heterocycles. The number of likely N-dealkylation sites (tertiary alicyclic amines) is 1. The maximum absolute atomic E-state index is 14.2. The summed E-state index contributed by atoms with van der Waals surface area (Å²) in [5, 5.41) is 0. The monoisotopic (exact) mass is 493 g/mol. The molecule has 5 rings (SSSR count). The number of halogens is 3. The Morgan fingerprint density at radius 2 is 1.61 bits per heavy atom. The minimum Gasteiger partial charge on any atom is -0.331 e. The molecule has 1 aliphatic heterocycles. The van der Waals surface area contributed by atoms with E-state index in [4.69, 9.17) is 0 Å². The van der Waals surface area contributed by atoms with E-state index in [1.165, 1.54) is 5.56 Å². The van der Waals surface area contributed by atoms with Gasteiger partial charge in [0.1, 0.15) is 11.5 Å². The van der Waals surface area contributed by atoms with Crippen LogP contribution in [0.25, 0.3) is 0 Å². The molecular weight excluding hydrogens is 463 g/mol. The zero-order chi connectivity index (χ0) is 25.1. The van der Waals surface area contributed by atoms with Crippen LogP contribution >= 0.6 is 0 Å². The summed E-state index contributed by atoms with van der Waals surface area (Å²) in [7, 11) is 0. The molecule has 2 aliphatic rings. The van der Waals surface area contributed by atoms with Gasteiger partial charge in [-0.1, -0.05) is 36.4 Å². The smallest absolute Gasteiger partial charge is 0.272 e. The van der Waals surface area contributed by atoms with Crippen molar-refractivity contribution in [3.05, 3.63) is 101 Å². The molecule has 0 radical (unpaired) electrons. The van der Waals surface area contributed by atoms with E-state index in [1.54, 1.807) is 18.3 Å². The highest BCUT2D eigenvalue weighted by molar-refractivity contribution is 5.93. The molecule has 0 N–H and O–H groups in total. The van der Waals surface area contributed by atoms with Crippen LogP contribution in [-0.2, 0) is 13.0 Å². The number of amides is 1. The van der Waals surface area contributed by atoms with E-state index in [-0.39, 0.29) is 36.0 Å². The molecule has 1 saturated heterocycles. The van der Waals surface area contributed by atoms with E-state index in [9.17, 15) is 18.0 Å². The average molecular weight is 494 g/mol. The number of piperidine rings is 1. The van der Waals surface area contributed by atoms with Crippen LogP contribution in [-0.4, -0.2) is 45.9 Å². The lowest BCUT2D eigenvalue weighted by atomic mass is 9.84. The summed E-state index contributed by atoms with van der Waals surface area (Å²) in [6.07, 6.45) is 5.94. The standard InChI is InChI=1S/C29H30F3N3O/c30-24-11-12-25(31)28(32)23(24)19-34-16-13-21(14-17-34)27(18-20-6-2-1-3-7-20)35(22-9-10-22)29(36)26-8-4-5-15-33-26/h1-8,11-12,15,21-22,27H,9-10,13-14,16-19H2/t27-/m1/s1. The first-order chi connectivity index (χ1) is 17.5. The van der Waals surface area contributed by atoms with Crippen molar-refractivity contribution in [2.24, 2.45) is 5.92 Å². The average Bonchev–Trinajstić information content (AvgIpc) is 3.75. The number of benzene rings is 2. The molecule has 2 aromatic carbocycles. The van der Waals surface area contributed by atoms with Crippen molar-refractivity contribution in [1.29, 1.82) is 0 Å². The molecule has 36 heavy (non-hydrogen) atoms. The Bertz CT molecular complexity index is 1180. The molecule has 1 amide bonds. The van der Waals surface area contributed by atoms with Gasteiger partial charge in [0.25, 0.3) is 5.91 Å². The fourth-order valence-corrected chi connectivity index (χ4v) is 5.34. The molecule has 3 aromatic rings. The predicted molar refractivity (Wildman–Crippen MR) is 132 cm³/mol. The van der Waals surface area contributed by atoms with Crippen LogP contribution in [0.2, 0.25) is 0 Å². The van der Waals surface area contributed by atoms with E-state index in [0.717, 1.165) is 44.2 Å². The van der Waals surface area contributed by atoms with Crippen molar-refractivity contribution in [1.82, 2.24) is 14.8 Å². The molecule has 2 fully saturated rings. The van der Waals surface area contributed by atoms with Crippen LogP contribution in [0.15, 0.2) is 66.9 Å². The molecular formula is C29H30F3N3O. The number of aromatic nitrogens is 1. The summed E-state index contributed by atoms with van der Waals surface area (Å²) in [6.45, 7) is 1.29. The van der Waals surface area contributed by atoms with Gasteiger partial charge in [-0.05, 0) is 80.9 Å². The Morgan fingerprint density at radius 3 is 2.28 bits per heavy atom. The number of nitrogens with zero attached hydrogens (tertiary/aromatic N) is 3. The third kappa shape index (κ3) is 5.46. The largest absolute Gasteiger partial charge is 0.331 e. The maximum Gasteiger partial charge on any atom is 0.272 e. The Hall–Kier alpha value is -3.19. The second-order valence-electron chi connectivity index (χ2n) is 9.85. The number of rotatable bonds is 8. The normalized spacial score (nSPS) is 17.6. The molecule has 1 aliphatic carbocycles. The molecule has 0 bridgehead atoms. The van der Waals surface area contributed by atoms with Crippen LogP contribution in [0.5, 0.6) is 0 Å². The second-order valence-corrected chi connectivity index (χ2v) is 9.85. The molecule has 0 spiro atoms. The van der Waals surface area contributed by atoms with Gasteiger partial charge in [0, 0.05) is 30.4 Å². The first-order valence-corrected chi connectivity index (χ1v) is 12.6. The summed E-state index contributed by atoms with van der Waals surface area (Å²) in [4.78, 5) is 22.0. The molecule has 188 valence electrons. The van der Waals surface area contributed by atoms with Gasteiger partial charge < -0.3 is 4.90 Å². The highest BCUT2D eigenvalue weighted by atomic mass is 19.2. The van der Waals surface area contributed by atoms with Crippen LogP contribution in [0.4, 0.5) is 13.2 Å². The van der Waals surface area contributed by atoms with E-state index in [1.807, 2.05) is 29.2 Å². The quantitative estimate of drug-likeness (QED) is 0.382. The van der Waals surface area contributed by atoms with Crippen LogP contribution in [0.3, 0.4) is 0 Å². The van der Waals surface area contributed by atoms with E-state index >= 15 is 0 Å². The molecule has 7 heteroatoms. The van der Waals surface area contributed by atoms with E-state index < -0.39 is 17.5 Å². The number of carbonyl (C=O) groups excluding carboxylic acids is 1. The molecule has 1 saturated carbocycles. The minimum absolute atomic E-state index is 0.000743. The van der Waals surface area contributed by atoms with Gasteiger partial charge in [0.2, 0.25) is 0 Å². The van der Waals surface area contributed by atoms with Gasteiger partial charge in [-0.15, -0.1) is 0 Å². The van der Waals surface area contributed by atoms with Crippen molar-refractivity contribution in [3.63, 3.8) is 0 Å². The van der Waals surface area contributed by atoms with Crippen molar-refractivity contribution >= 4 is 5.91 Å². The summed E-state index contributed by atoms with van der Waals surface area (Å²) < 4.78 is 42.1. The van der Waals surface area contributed by atoms with Crippen molar-refractivity contribution in [2.45, 2.75) is 50.7 Å². The minimum atomic E-state index is -1.11. The lowest BCUT2D eigenvalue weighted by Crippen LogP contribution is -2.50. The number of pyridine rings is 1. The molecule has 0 unspecified atom stereocenters. The van der Waals surface area contributed by atoms with Crippen molar-refractivity contribution < 1.29 is 18.0 Å². The number of hydrogen-bond acceptors (Lipinski definition) is 3. The first kappa shape index (κ1) is 24.5. The van der Waals surface area contributed by atoms with Gasteiger partial charge in [-0.25, -0.2) is 13.2 Å². The van der Waals surface area contributed by atoms with E-state index in [0.29, 0.717) is 18.8 Å². The highest BCUT2D eigenvalue weighted by Crippen LogP contribution is 2.36. The predicted octanol–water partition coefficient (Wildman–Crippen LogP) is 5.63. The fraction of sp³-hybridized carbons (Fsp3) is 0.379. The first-order valence-electron chi connectivity index (χ1n) is 12.6. The van der Waals surface area contributed by atoms with Gasteiger partial charge in [0.15, 0.2) is 11.6 Å². The Labute approximate surface area is 209 Å². The lowest BCUT2D eigenvalue weighted by Gasteiger charge is -2.42. The third-order valence-corrected chi connectivity index (χ3v) is 7.40. The maximum atomic E-state index is 14.2. The van der Waals surface area contributed by atoms with Crippen molar-refractivity contribution in [2.75, 3.05) is 13.1 Å². The molecule has 1 aromatic heterocycles. The van der Waals surface area contributed by atoms with Crippen molar-refractivity contribution in [3.8, 4) is 0 Å². The van der Waals surface area contributed by atoms with Gasteiger partial charge in [-0.3, -0.25) is 14.7 Å². The topological polar surface area (TPSA) is 36.4 Å². The van der Waals surface area contributed by atoms with Gasteiger partial charge in [0.05, 0.1) is 0 Å². The summed E-state index contributed by atoms with van der Waals surface area (Å²) in [6, 6.07) is 17.6. The zero-order valence-electron chi connectivity index (χ0n) is 20.1. The Balaban J connectivity index is 1.35. The number of hydrogen-bond donors (Lipinski definition) is 0. The zero-order valence-corrected chi connectivity index (χ0v) is 20.1. The fourth-order valence-electron chi connectivity index (χ4n) is 5.34. The van der Waals surface area contributed by atoms with Gasteiger partial charge >= 0.3 is 0 Å². The Morgan fingerprint density at radius 1 is 0.917 bits per heavy atom. The van der Waals surface area contributed by atoms with Crippen LogP contribution in [0, 0.1) is 23.4 Å². The van der Waals surface area contributed by atoms with Gasteiger partial charge in [-0.2, -0.15) is 0 Å². The second kappa shape index (κ2) is 10.8. The van der Waals surface area contributed by atoms with E-state index in [2.05, 4.69) is 22.0 Å². The summed E-state index contributed by atoms with van der Waals surface area (Å²) in [5.74, 6) is -2.67. The third-order valence-electron chi connectivity index (χ3n) is 7.40. The summed E-state index contributed by atoms with van der Waals surface area (Å²) >= 11 is 0. The highest BCUT2D eigenvalue weighted by Gasteiger charge is 2.42. The molecule has 1 atom stereocenters.